The molecule has 0 spiro atoms. The third-order valence-electron chi connectivity index (χ3n) is 5.98. The van der Waals surface area contributed by atoms with Crippen molar-refractivity contribution < 1.29 is 14.7 Å². The lowest BCUT2D eigenvalue weighted by molar-refractivity contribution is -0.138. The van der Waals surface area contributed by atoms with Gasteiger partial charge >= 0.3 is 5.97 Å². The van der Waals surface area contributed by atoms with Crippen LogP contribution < -0.4 is 5.32 Å². The van der Waals surface area contributed by atoms with Crippen LogP contribution in [-0.4, -0.2) is 27.2 Å². The third-order valence-corrected chi connectivity index (χ3v) is 8.02. The first kappa shape index (κ1) is 26.9. The van der Waals surface area contributed by atoms with Gasteiger partial charge in [0, 0.05) is 23.5 Å². The van der Waals surface area contributed by atoms with Crippen molar-refractivity contribution in [3.05, 3.63) is 76.3 Å². The van der Waals surface area contributed by atoms with E-state index in [-0.39, 0.29) is 18.2 Å². The maximum Gasteiger partial charge on any atom is 0.303 e. The number of carbonyl (C=O) groups is 2. The zero-order valence-electron chi connectivity index (χ0n) is 20.3. The largest absolute Gasteiger partial charge is 0.481 e. The number of carbonyl (C=O) groups excluding carboxylic acids is 1. The van der Waals surface area contributed by atoms with E-state index in [1.165, 1.54) is 22.5 Å². The molecule has 2 aromatic carbocycles. The first-order chi connectivity index (χ1) is 17.1. The number of rotatable bonds is 9. The van der Waals surface area contributed by atoms with Crippen LogP contribution in [0.15, 0.2) is 54.6 Å². The molecule has 0 saturated heterocycles. The highest BCUT2D eigenvalue weighted by atomic mass is 32.2. The highest BCUT2D eigenvalue weighted by molar-refractivity contribution is 7.97. The number of amides is 1. The Balaban J connectivity index is 0.00000167. The number of benzene rings is 2. The number of nitrogens with zero attached hydrogens (tertiary/aromatic N) is 2. The average molecular weight is 512 g/mol. The van der Waals surface area contributed by atoms with Gasteiger partial charge in [0.05, 0.1) is 0 Å². The molecule has 3 aromatic rings. The van der Waals surface area contributed by atoms with Gasteiger partial charge in [-0.2, -0.15) is 0 Å². The van der Waals surface area contributed by atoms with Crippen LogP contribution >= 0.6 is 23.1 Å². The van der Waals surface area contributed by atoms with Gasteiger partial charge in [0.2, 0.25) is 5.13 Å². The Morgan fingerprint density at radius 2 is 1.66 bits per heavy atom. The molecule has 1 amide bonds. The summed E-state index contributed by atoms with van der Waals surface area (Å²) >= 11 is 3.18. The van der Waals surface area contributed by atoms with E-state index >= 15 is 0 Å². The maximum absolute atomic E-state index is 12.6. The van der Waals surface area contributed by atoms with E-state index in [9.17, 15) is 9.59 Å². The molecule has 0 unspecified atom stereocenters. The molecule has 1 heterocycles. The number of carboxylic acids is 1. The Morgan fingerprint density at radius 1 is 0.971 bits per heavy atom. The van der Waals surface area contributed by atoms with Crippen LogP contribution in [0.5, 0.6) is 0 Å². The van der Waals surface area contributed by atoms with Crippen molar-refractivity contribution in [2.24, 2.45) is 5.92 Å². The van der Waals surface area contributed by atoms with Gasteiger partial charge in [0.25, 0.3) is 5.91 Å². The van der Waals surface area contributed by atoms with Crippen LogP contribution in [0.1, 0.15) is 78.4 Å². The molecule has 1 aliphatic carbocycles. The predicted molar refractivity (Wildman–Crippen MR) is 144 cm³/mol. The minimum Gasteiger partial charge on any atom is -0.481 e. The summed E-state index contributed by atoms with van der Waals surface area (Å²) in [6, 6.07) is 18.0. The number of hydrogen-bond donors (Lipinski definition) is 2. The van der Waals surface area contributed by atoms with E-state index in [0.29, 0.717) is 16.6 Å². The van der Waals surface area contributed by atoms with E-state index < -0.39 is 5.97 Å². The molecule has 6 nitrogen and oxygen atoms in total. The number of carboxylic acid groups (broad SMARTS) is 1. The van der Waals surface area contributed by atoms with Crippen LogP contribution in [0.25, 0.3) is 0 Å². The van der Waals surface area contributed by atoms with Gasteiger partial charge in [0.1, 0.15) is 5.01 Å². The van der Waals surface area contributed by atoms with Gasteiger partial charge in [-0.1, -0.05) is 67.6 Å². The fourth-order valence-corrected chi connectivity index (χ4v) is 5.99. The highest BCUT2D eigenvalue weighted by Crippen LogP contribution is 2.37. The average Bonchev–Trinajstić information content (AvgIpc) is 3.33. The zero-order chi connectivity index (χ0) is 25.0. The molecular formula is C27H33N3O3S2. The van der Waals surface area contributed by atoms with E-state index in [0.717, 1.165) is 42.2 Å². The Hall–Kier alpha value is -2.71. The highest BCUT2D eigenvalue weighted by Gasteiger charge is 2.24. The lowest BCUT2D eigenvalue weighted by Crippen LogP contribution is -2.16. The molecule has 186 valence electrons. The minimum absolute atomic E-state index is 0.189. The summed E-state index contributed by atoms with van der Waals surface area (Å²) < 4.78 is 0. The van der Waals surface area contributed by atoms with Gasteiger partial charge in [-0.3, -0.25) is 14.9 Å². The zero-order valence-corrected chi connectivity index (χ0v) is 21.9. The summed E-state index contributed by atoms with van der Waals surface area (Å²) in [6.45, 7) is 4.00. The number of hydrogen-bond acceptors (Lipinski definition) is 6. The van der Waals surface area contributed by atoms with Crippen molar-refractivity contribution in [3.63, 3.8) is 0 Å². The molecule has 1 saturated carbocycles. The van der Waals surface area contributed by atoms with E-state index in [1.54, 1.807) is 11.8 Å². The summed E-state index contributed by atoms with van der Waals surface area (Å²) in [6.07, 6.45) is 4.16. The number of aliphatic carboxylic acids is 1. The Bertz CT molecular complexity index is 1060. The monoisotopic (exact) mass is 511 g/mol. The van der Waals surface area contributed by atoms with Gasteiger partial charge in [0.15, 0.2) is 0 Å². The van der Waals surface area contributed by atoms with E-state index in [2.05, 4.69) is 27.6 Å². The fraction of sp³-hybridized carbons (Fsp3) is 0.407. The fourth-order valence-electron chi connectivity index (χ4n) is 4.22. The van der Waals surface area contributed by atoms with Crippen molar-refractivity contribution in [2.45, 2.75) is 63.4 Å². The van der Waals surface area contributed by atoms with Crippen LogP contribution in [-0.2, 0) is 16.3 Å². The molecule has 8 heteroatoms. The summed E-state index contributed by atoms with van der Waals surface area (Å²) in [5.74, 6) is 1.50. The topological polar surface area (TPSA) is 92.2 Å². The number of nitrogens with one attached hydrogen (secondary N) is 1. The molecule has 0 atom stereocenters. The van der Waals surface area contributed by atoms with Crippen molar-refractivity contribution >= 4 is 40.1 Å². The quantitative estimate of drug-likeness (QED) is 0.321. The molecule has 2 N–H and O–H groups in total. The van der Waals surface area contributed by atoms with Crippen molar-refractivity contribution in [2.75, 3.05) is 5.32 Å². The second-order valence-electron chi connectivity index (χ2n) is 8.37. The van der Waals surface area contributed by atoms with Crippen LogP contribution in [0.4, 0.5) is 5.13 Å². The lowest BCUT2D eigenvalue weighted by Gasteiger charge is -2.28. The summed E-state index contributed by atoms with van der Waals surface area (Å²) in [4.78, 5) is 23.5. The standard InChI is InChI=1S/C25H27N3O3S2.C2H6/c29-23(30)14-17-6-8-19(9-7-17)20-10-12-21(13-11-20)24(31)26-25-28-27-22(33-25)16-32-15-18-4-2-1-3-5-18;1-2/h1-5,10-13,17,19H,6-9,14-16H2,(H,29,30)(H,26,28,31);1-2H3. The molecule has 1 fully saturated rings. The summed E-state index contributed by atoms with van der Waals surface area (Å²) in [7, 11) is 0. The normalized spacial score (nSPS) is 17.2. The van der Waals surface area contributed by atoms with Crippen molar-refractivity contribution in [1.29, 1.82) is 0 Å². The number of aromatic nitrogens is 2. The minimum atomic E-state index is -0.706. The van der Waals surface area contributed by atoms with E-state index in [4.69, 9.17) is 5.11 Å². The lowest BCUT2D eigenvalue weighted by atomic mass is 9.77. The molecular weight excluding hydrogens is 478 g/mol. The smallest absolute Gasteiger partial charge is 0.303 e. The van der Waals surface area contributed by atoms with E-state index in [1.807, 2.05) is 56.3 Å². The first-order valence-electron chi connectivity index (χ1n) is 12.1. The van der Waals surface area contributed by atoms with Crippen LogP contribution in [0, 0.1) is 5.92 Å². The van der Waals surface area contributed by atoms with Crippen molar-refractivity contribution in [1.82, 2.24) is 10.2 Å². The van der Waals surface area contributed by atoms with Crippen molar-refractivity contribution in [3.8, 4) is 0 Å². The molecule has 0 aliphatic heterocycles. The second kappa shape index (κ2) is 14.0. The van der Waals surface area contributed by atoms with Gasteiger partial charge in [-0.05, 0) is 60.8 Å². The first-order valence-corrected chi connectivity index (χ1v) is 14.1. The van der Waals surface area contributed by atoms with Gasteiger partial charge in [-0.15, -0.1) is 22.0 Å². The Morgan fingerprint density at radius 3 is 2.31 bits per heavy atom. The van der Waals surface area contributed by atoms with Gasteiger partial charge < -0.3 is 5.11 Å². The maximum atomic E-state index is 12.6. The molecule has 0 bridgehead atoms. The molecule has 35 heavy (non-hydrogen) atoms. The number of anilines is 1. The number of thioether (sulfide) groups is 1. The van der Waals surface area contributed by atoms with Gasteiger partial charge in [-0.25, -0.2) is 0 Å². The molecule has 1 aromatic heterocycles. The Kier molecular flexibility index (Phi) is 10.8. The summed E-state index contributed by atoms with van der Waals surface area (Å²) in [5, 5.41) is 21.5. The van der Waals surface area contributed by atoms with Crippen LogP contribution in [0.2, 0.25) is 0 Å². The summed E-state index contributed by atoms with van der Waals surface area (Å²) in [5.41, 5.74) is 3.08. The van der Waals surface area contributed by atoms with Crippen LogP contribution in [0.3, 0.4) is 0 Å². The second-order valence-corrected chi connectivity index (χ2v) is 10.4. The molecule has 1 aliphatic rings. The Labute approximate surface area is 215 Å². The SMILES string of the molecule is CC.O=C(O)CC1CCC(c2ccc(C(=O)Nc3nnc(CSCc4ccccc4)s3)cc2)CC1. The predicted octanol–water partition coefficient (Wildman–Crippen LogP) is 7.00. The molecule has 0 radical (unpaired) electrons. The molecule has 4 rings (SSSR count). The third kappa shape index (κ3) is 8.47.